The highest BCUT2D eigenvalue weighted by molar-refractivity contribution is 6.30. The molecule has 0 saturated carbocycles. The molecule has 0 bridgehead atoms. The number of fused-ring (bicyclic) bond motifs is 2. The minimum atomic E-state index is -0.531. The Hall–Kier alpha value is -2.93. The summed E-state index contributed by atoms with van der Waals surface area (Å²) in [4.78, 5) is 25.5. The lowest BCUT2D eigenvalue weighted by atomic mass is 9.93. The predicted octanol–water partition coefficient (Wildman–Crippen LogP) is 3.66. The number of benzene rings is 1. The van der Waals surface area contributed by atoms with Gasteiger partial charge in [0.15, 0.2) is 5.69 Å². The van der Waals surface area contributed by atoms with Crippen LogP contribution in [0.15, 0.2) is 42.6 Å². The summed E-state index contributed by atoms with van der Waals surface area (Å²) < 4.78 is 1.29. The Labute approximate surface area is 153 Å². The number of hydrogen-bond donors (Lipinski definition) is 0. The second-order valence-corrected chi connectivity index (χ2v) is 6.72. The van der Waals surface area contributed by atoms with Gasteiger partial charge in [0.05, 0.1) is 16.0 Å². The Kier molecular flexibility index (Phi) is 3.88. The third kappa shape index (κ3) is 2.61. The molecule has 0 unspecified atom stereocenters. The zero-order valence-electron chi connectivity index (χ0n) is 13.9. The minimum Gasteiger partial charge on any atom is -0.330 e. The molecule has 0 aliphatic carbocycles. The summed E-state index contributed by atoms with van der Waals surface area (Å²) in [7, 11) is 0. The maximum atomic E-state index is 13.0. The van der Waals surface area contributed by atoms with Gasteiger partial charge in [-0.15, -0.1) is 0 Å². The van der Waals surface area contributed by atoms with Crippen LogP contribution in [0.25, 0.3) is 5.52 Å². The third-order valence-electron chi connectivity index (χ3n) is 4.79. The fraction of sp³-hybridized carbons (Fsp3) is 0.222. The van der Waals surface area contributed by atoms with Crippen molar-refractivity contribution in [1.29, 1.82) is 0 Å². The fourth-order valence-electron chi connectivity index (χ4n) is 3.49. The topological polar surface area (TPSA) is 80.8 Å². The van der Waals surface area contributed by atoms with Gasteiger partial charge in [-0.05, 0) is 24.5 Å². The lowest BCUT2D eigenvalue weighted by Gasteiger charge is -2.34. The van der Waals surface area contributed by atoms with Crippen LogP contribution < -0.4 is 0 Å². The SMILES string of the molecule is C[C@@H]1c2ccccc2CCN1C(=O)c1cc2c([N+](=O)[O-])cc(Cl)cn2n1. The third-order valence-corrected chi connectivity index (χ3v) is 5.00. The van der Waals surface area contributed by atoms with Crippen molar-refractivity contribution >= 4 is 28.7 Å². The van der Waals surface area contributed by atoms with E-state index in [1.54, 1.807) is 4.90 Å². The molecule has 3 heterocycles. The van der Waals surface area contributed by atoms with Crippen LogP contribution >= 0.6 is 11.6 Å². The van der Waals surface area contributed by atoms with Crippen molar-refractivity contribution in [3.05, 3.63) is 74.6 Å². The maximum absolute atomic E-state index is 13.0. The zero-order valence-corrected chi connectivity index (χ0v) is 14.7. The summed E-state index contributed by atoms with van der Waals surface area (Å²) in [6.07, 6.45) is 2.22. The van der Waals surface area contributed by atoms with E-state index in [-0.39, 0.29) is 33.9 Å². The first-order valence-corrected chi connectivity index (χ1v) is 8.55. The zero-order chi connectivity index (χ0) is 18.4. The van der Waals surface area contributed by atoms with Crippen molar-refractivity contribution in [2.45, 2.75) is 19.4 Å². The van der Waals surface area contributed by atoms with Gasteiger partial charge in [0.25, 0.3) is 11.6 Å². The van der Waals surface area contributed by atoms with Crippen LogP contribution in [-0.4, -0.2) is 31.9 Å². The monoisotopic (exact) mass is 370 g/mol. The van der Waals surface area contributed by atoms with Gasteiger partial charge in [-0.3, -0.25) is 14.9 Å². The molecule has 0 spiro atoms. The van der Waals surface area contributed by atoms with Gasteiger partial charge in [-0.2, -0.15) is 5.10 Å². The summed E-state index contributed by atoms with van der Waals surface area (Å²) >= 11 is 5.92. The highest BCUT2D eigenvalue weighted by Gasteiger charge is 2.30. The van der Waals surface area contributed by atoms with E-state index < -0.39 is 4.92 Å². The van der Waals surface area contributed by atoms with E-state index in [0.29, 0.717) is 6.54 Å². The Bertz CT molecular complexity index is 1050. The van der Waals surface area contributed by atoms with Crippen LogP contribution in [0, 0.1) is 10.1 Å². The molecule has 0 radical (unpaired) electrons. The van der Waals surface area contributed by atoms with Gasteiger partial charge in [0, 0.05) is 24.9 Å². The number of hydrogen-bond acceptors (Lipinski definition) is 4. The Morgan fingerprint density at radius 1 is 1.35 bits per heavy atom. The number of amides is 1. The first-order chi connectivity index (χ1) is 12.5. The molecule has 0 saturated heterocycles. The van der Waals surface area contributed by atoms with E-state index in [0.717, 1.165) is 12.0 Å². The first-order valence-electron chi connectivity index (χ1n) is 8.18. The molecule has 4 rings (SSSR count). The molecule has 0 fully saturated rings. The molecular formula is C18H15ClN4O3. The number of nitrogens with zero attached hydrogens (tertiary/aromatic N) is 4. The molecule has 7 nitrogen and oxygen atoms in total. The summed E-state index contributed by atoms with van der Waals surface area (Å²) in [6, 6.07) is 10.7. The highest BCUT2D eigenvalue weighted by atomic mass is 35.5. The predicted molar refractivity (Wildman–Crippen MR) is 96.5 cm³/mol. The van der Waals surface area contributed by atoms with Gasteiger partial charge in [0.2, 0.25) is 0 Å². The van der Waals surface area contributed by atoms with E-state index >= 15 is 0 Å². The van der Waals surface area contributed by atoms with Crippen molar-refractivity contribution in [3.8, 4) is 0 Å². The molecule has 1 aliphatic heterocycles. The number of carbonyl (C=O) groups is 1. The standard InChI is InChI=1S/C18H15ClN4O3/c1-11-14-5-3-2-4-12(14)6-7-21(11)18(24)15-9-16-17(23(25)26)8-13(19)10-22(16)20-15/h2-5,8-11H,6-7H2,1H3/t11-/m1/s1. The molecule has 1 amide bonds. The molecular weight excluding hydrogens is 356 g/mol. The Morgan fingerprint density at radius 2 is 2.12 bits per heavy atom. The van der Waals surface area contributed by atoms with Crippen molar-refractivity contribution in [2.24, 2.45) is 0 Å². The largest absolute Gasteiger partial charge is 0.330 e. The van der Waals surface area contributed by atoms with Crippen LogP contribution in [0.5, 0.6) is 0 Å². The highest BCUT2D eigenvalue weighted by Crippen LogP contribution is 2.31. The Morgan fingerprint density at radius 3 is 2.88 bits per heavy atom. The average molecular weight is 371 g/mol. The second-order valence-electron chi connectivity index (χ2n) is 6.28. The van der Waals surface area contributed by atoms with E-state index in [4.69, 9.17) is 11.6 Å². The molecule has 26 heavy (non-hydrogen) atoms. The summed E-state index contributed by atoms with van der Waals surface area (Å²) in [5.41, 5.74) is 2.59. The van der Waals surface area contributed by atoms with Crippen molar-refractivity contribution in [1.82, 2.24) is 14.5 Å². The van der Waals surface area contributed by atoms with Crippen LogP contribution in [0.4, 0.5) is 5.69 Å². The minimum absolute atomic E-state index is 0.0872. The number of pyridine rings is 1. The van der Waals surface area contributed by atoms with Gasteiger partial charge in [0.1, 0.15) is 5.52 Å². The molecule has 3 aromatic rings. The summed E-state index contributed by atoms with van der Waals surface area (Å²) in [5.74, 6) is -0.249. The van der Waals surface area contributed by atoms with Gasteiger partial charge >= 0.3 is 0 Å². The van der Waals surface area contributed by atoms with Crippen LogP contribution in [0.1, 0.15) is 34.6 Å². The normalized spacial score (nSPS) is 16.5. The molecule has 2 aromatic heterocycles. The average Bonchev–Trinajstić information content (AvgIpc) is 3.04. The number of rotatable bonds is 2. The molecule has 132 valence electrons. The molecule has 1 aliphatic rings. The maximum Gasteiger partial charge on any atom is 0.296 e. The molecule has 1 atom stereocenters. The number of aromatic nitrogens is 2. The van der Waals surface area contributed by atoms with E-state index in [2.05, 4.69) is 11.2 Å². The second kappa shape index (κ2) is 6.10. The van der Waals surface area contributed by atoms with Crippen molar-refractivity contribution in [2.75, 3.05) is 6.54 Å². The number of halogens is 1. The number of carbonyl (C=O) groups excluding carboxylic acids is 1. The summed E-state index contributed by atoms with van der Waals surface area (Å²) in [5, 5.41) is 15.7. The van der Waals surface area contributed by atoms with E-state index in [1.165, 1.54) is 28.4 Å². The smallest absolute Gasteiger partial charge is 0.296 e. The fourth-order valence-corrected chi connectivity index (χ4v) is 3.69. The van der Waals surface area contributed by atoms with Crippen LogP contribution in [0.3, 0.4) is 0 Å². The van der Waals surface area contributed by atoms with Crippen molar-refractivity contribution in [3.63, 3.8) is 0 Å². The Balaban J connectivity index is 1.73. The molecule has 1 aromatic carbocycles. The van der Waals surface area contributed by atoms with Gasteiger partial charge in [-0.1, -0.05) is 35.9 Å². The number of nitro groups is 1. The van der Waals surface area contributed by atoms with Crippen molar-refractivity contribution < 1.29 is 9.72 Å². The van der Waals surface area contributed by atoms with Gasteiger partial charge < -0.3 is 4.90 Å². The lowest BCUT2D eigenvalue weighted by Crippen LogP contribution is -2.39. The van der Waals surface area contributed by atoms with E-state index in [9.17, 15) is 14.9 Å². The molecule has 8 heteroatoms. The lowest BCUT2D eigenvalue weighted by molar-refractivity contribution is -0.383. The first kappa shape index (κ1) is 16.5. The summed E-state index contributed by atoms with van der Waals surface area (Å²) in [6.45, 7) is 2.55. The van der Waals surface area contributed by atoms with Crippen LogP contribution in [0.2, 0.25) is 5.02 Å². The van der Waals surface area contributed by atoms with E-state index in [1.807, 2.05) is 25.1 Å². The van der Waals surface area contributed by atoms with Crippen LogP contribution in [-0.2, 0) is 6.42 Å². The van der Waals surface area contributed by atoms with Gasteiger partial charge in [-0.25, -0.2) is 4.52 Å². The molecule has 0 N–H and O–H groups in total. The quantitative estimate of drug-likeness (QED) is 0.509.